The summed E-state index contributed by atoms with van der Waals surface area (Å²) in [5.41, 5.74) is 5.75. The van der Waals surface area contributed by atoms with Crippen LogP contribution in [0.4, 0.5) is 0 Å². The monoisotopic (exact) mass is 196 g/mol. The topological polar surface area (TPSA) is 46.3 Å². The number of carbonyl (C=O) groups excluding carboxylic acids is 1. The number of nitrogens with zero attached hydrogens (tertiary/aromatic N) is 1. The zero-order valence-electron chi connectivity index (χ0n) is 8.91. The summed E-state index contributed by atoms with van der Waals surface area (Å²) in [6, 6.07) is 0.303. The van der Waals surface area contributed by atoms with Crippen molar-refractivity contribution in [3.63, 3.8) is 0 Å². The number of amides is 1. The third kappa shape index (κ3) is 1.78. The maximum absolute atomic E-state index is 11.9. The van der Waals surface area contributed by atoms with Gasteiger partial charge in [0.15, 0.2) is 0 Å². The van der Waals surface area contributed by atoms with Gasteiger partial charge in [-0.15, -0.1) is 0 Å². The first kappa shape index (κ1) is 9.97. The predicted molar refractivity (Wildman–Crippen MR) is 55.7 cm³/mol. The summed E-state index contributed by atoms with van der Waals surface area (Å²) in [5, 5.41) is 0. The average Bonchev–Trinajstić information content (AvgIpc) is 2.99. The van der Waals surface area contributed by atoms with Crippen molar-refractivity contribution in [2.45, 2.75) is 38.6 Å². The van der Waals surface area contributed by atoms with E-state index in [0.29, 0.717) is 30.3 Å². The van der Waals surface area contributed by atoms with E-state index in [1.54, 1.807) is 0 Å². The fraction of sp³-hybridized carbons (Fsp3) is 0.909. The molecule has 1 heterocycles. The Kier molecular flexibility index (Phi) is 2.77. The molecule has 0 aromatic rings. The van der Waals surface area contributed by atoms with Crippen LogP contribution < -0.4 is 5.73 Å². The number of piperidine rings is 1. The van der Waals surface area contributed by atoms with Gasteiger partial charge in [0, 0.05) is 25.0 Å². The molecule has 2 unspecified atom stereocenters. The van der Waals surface area contributed by atoms with Crippen molar-refractivity contribution in [1.82, 2.24) is 4.90 Å². The van der Waals surface area contributed by atoms with E-state index in [0.717, 1.165) is 25.8 Å². The lowest BCUT2D eigenvalue weighted by Gasteiger charge is -2.39. The second-order valence-corrected chi connectivity index (χ2v) is 4.73. The molecule has 80 valence electrons. The Morgan fingerprint density at radius 2 is 2.14 bits per heavy atom. The number of rotatable bonds is 2. The molecule has 0 bridgehead atoms. The molecule has 0 aromatic heterocycles. The first-order valence-electron chi connectivity index (χ1n) is 5.74. The molecule has 3 heteroatoms. The molecule has 2 fully saturated rings. The van der Waals surface area contributed by atoms with Crippen molar-refractivity contribution in [1.29, 1.82) is 0 Å². The van der Waals surface area contributed by atoms with Gasteiger partial charge < -0.3 is 10.6 Å². The Balaban J connectivity index is 2.02. The molecule has 1 saturated carbocycles. The molecule has 2 rings (SSSR count). The number of nitrogens with two attached hydrogens (primary N) is 1. The lowest BCUT2D eigenvalue weighted by molar-refractivity contribution is -0.137. The van der Waals surface area contributed by atoms with Crippen molar-refractivity contribution in [2.75, 3.05) is 13.1 Å². The van der Waals surface area contributed by atoms with Crippen LogP contribution in [0.15, 0.2) is 0 Å². The van der Waals surface area contributed by atoms with Gasteiger partial charge in [0.1, 0.15) is 0 Å². The van der Waals surface area contributed by atoms with E-state index in [1.165, 1.54) is 6.42 Å². The SMILES string of the molecule is CC1CCCN(C(=O)C2CC2)C1CN. The van der Waals surface area contributed by atoms with Crippen molar-refractivity contribution in [3.05, 3.63) is 0 Å². The van der Waals surface area contributed by atoms with Crippen LogP contribution in [0.3, 0.4) is 0 Å². The van der Waals surface area contributed by atoms with Crippen molar-refractivity contribution in [2.24, 2.45) is 17.6 Å². The third-order valence-corrected chi connectivity index (χ3v) is 3.57. The normalized spacial score (nSPS) is 33.1. The van der Waals surface area contributed by atoms with Gasteiger partial charge in [-0.05, 0) is 31.6 Å². The van der Waals surface area contributed by atoms with Crippen molar-refractivity contribution in [3.8, 4) is 0 Å². The lowest BCUT2D eigenvalue weighted by Crippen LogP contribution is -2.51. The molecule has 0 spiro atoms. The Morgan fingerprint density at radius 1 is 1.43 bits per heavy atom. The molecule has 0 aromatic carbocycles. The standard InChI is InChI=1S/C11H20N2O/c1-8-3-2-6-13(10(8)7-12)11(14)9-4-5-9/h8-10H,2-7,12H2,1H3. The van der Waals surface area contributed by atoms with Gasteiger partial charge in [-0.25, -0.2) is 0 Å². The number of carbonyl (C=O) groups is 1. The number of hydrogen-bond acceptors (Lipinski definition) is 2. The molecular formula is C11H20N2O. The first-order valence-corrected chi connectivity index (χ1v) is 5.74. The molecule has 1 amide bonds. The highest BCUT2D eigenvalue weighted by molar-refractivity contribution is 5.81. The van der Waals surface area contributed by atoms with Gasteiger partial charge in [-0.3, -0.25) is 4.79 Å². The summed E-state index contributed by atoms with van der Waals surface area (Å²) in [7, 11) is 0. The van der Waals surface area contributed by atoms with E-state index in [9.17, 15) is 4.79 Å². The second-order valence-electron chi connectivity index (χ2n) is 4.73. The zero-order valence-corrected chi connectivity index (χ0v) is 8.91. The Labute approximate surface area is 85.6 Å². The molecule has 1 aliphatic heterocycles. The highest BCUT2D eigenvalue weighted by Crippen LogP contribution is 2.34. The van der Waals surface area contributed by atoms with Crippen LogP contribution in [-0.4, -0.2) is 29.9 Å². The minimum atomic E-state index is 0.303. The smallest absolute Gasteiger partial charge is 0.225 e. The van der Waals surface area contributed by atoms with Crippen molar-refractivity contribution < 1.29 is 4.79 Å². The Hall–Kier alpha value is -0.570. The highest BCUT2D eigenvalue weighted by atomic mass is 16.2. The summed E-state index contributed by atoms with van der Waals surface area (Å²) >= 11 is 0. The molecular weight excluding hydrogens is 176 g/mol. The maximum Gasteiger partial charge on any atom is 0.225 e. The number of hydrogen-bond donors (Lipinski definition) is 1. The molecule has 2 atom stereocenters. The summed E-state index contributed by atoms with van der Waals surface area (Å²) in [4.78, 5) is 14.0. The van der Waals surface area contributed by atoms with Crippen LogP contribution in [-0.2, 0) is 4.79 Å². The van der Waals surface area contributed by atoms with Gasteiger partial charge in [0.2, 0.25) is 5.91 Å². The van der Waals surface area contributed by atoms with Crippen LogP contribution in [0.25, 0.3) is 0 Å². The summed E-state index contributed by atoms with van der Waals surface area (Å²) in [6.45, 7) is 3.77. The van der Waals surface area contributed by atoms with Gasteiger partial charge in [0.25, 0.3) is 0 Å². The third-order valence-electron chi connectivity index (χ3n) is 3.57. The van der Waals surface area contributed by atoms with Gasteiger partial charge in [0.05, 0.1) is 0 Å². The van der Waals surface area contributed by atoms with Gasteiger partial charge in [-0.2, -0.15) is 0 Å². The summed E-state index contributed by atoms with van der Waals surface area (Å²) in [6.07, 6.45) is 4.56. The van der Waals surface area contributed by atoms with E-state index in [1.807, 2.05) is 4.90 Å². The quantitative estimate of drug-likeness (QED) is 0.715. The highest BCUT2D eigenvalue weighted by Gasteiger charge is 2.38. The van der Waals surface area contributed by atoms with Gasteiger partial charge in [-0.1, -0.05) is 6.92 Å². The first-order chi connectivity index (χ1) is 6.74. The minimum absolute atomic E-state index is 0.303. The summed E-state index contributed by atoms with van der Waals surface area (Å²) < 4.78 is 0. The minimum Gasteiger partial charge on any atom is -0.338 e. The predicted octanol–water partition coefficient (Wildman–Crippen LogP) is 0.982. The van der Waals surface area contributed by atoms with Crippen LogP contribution >= 0.6 is 0 Å². The lowest BCUT2D eigenvalue weighted by atomic mass is 9.90. The van der Waals surface area contributed by atoms with E-state index in [4.69, 9.17) is 5.73 Å². The molecule has 1 saturated heterocycles. The van der Waals surface area contributed by atoms with E-state index < -0.39 is 0 Å². The molecule has 1 aliphatic carbocycles. The zero-order chi connectivity index (χ0) is 10.1. The van der Waals surface area contributed by atoms with Gasteiger partial charge >= 0.3 is 0 Å². The largest absolute Gasteiger partial charge is 0.338 e. The Bertz CT molecular complexity index is 225. The van der Waals surface area contributed by atoms with Crippen molar-refractivity contribution >= 4 is 5.91 Å². The summed E-state index contributed by atoms with van der Waals surface area (Å²) in [5.74, 6) is 1.29. The molecule has 3 nitrogen and oxygen atoms in total. The molecule has 14 heavy (non-hydrogen) atoms. The second kappa shape index (κ2) is 3.89. The van der Waals surface area contributed by atoms with E-state index in [2.05, 4.69) is 6.92 Å². The molecule has 2 aliphatic rings. The Morgan fingerprint density at radius 3 is 2.71 bits per heavy atom. The fourth-order valence-electron chi connectivity index (χ4n) is 2.45. The number of likely N-dealkylation sites (tertiary alicyclic amines) is 1. The van der Waals surface area contributed by atoms with E-state index >= 15 is 0 Å². The average molecular weight is 196 g/mol. The van der Waals surface area contributed by atoms with Crippen LogP contribution in [0.5, 0.6) is 0 Å². The maximum atomic E-state index is 11.9. The van der Waals surface area contributed by atoms with Crippen LogP contribution in [0.2, 0.25) is 0 Å². The molecule has 0 radical (unpaired) electrons. The van der Waals surface area contributed by atoms with Crippen LogP contribution in [0, 0.1) is 11.8 Å². The van der Waals surface area contributed by atoms with E-state index in [-0.39, 0.29) is 0 Å². The van der Waals surface area contributed by atoms with Crippen LogP contribution in [0.1, 0.15) is 32.6 Å². The molecule has 2 N–H and O–H groups in total. The fourth-order valence-corrected chi connectivity index (χ4v) is 2.45.